The highest BCUT2D eigenvalue weighted by Crippen LogP contribution is 2.29. The number of benzene rings is 1. The van der Waals surface area contributed by atoms with Crippen molar-refractivity contribution in [1.29, 1.82) is 0 Å². The largest absolute Gasteiger partial charge is 0.409 e. The van der Waals surface area contributed by atoms with Gasteiger partial charge in [-0.05, 0) is 24.6 Å². The Labute approximate surface area is 117 Å². The maximum absolute atomic E-state index is 8.85. The highest BCUT2D eigenvalue weighted by Gasteiger charge is 2.25. The number of oxime groups is 1. The van der Waals surface area contributed by atoms with Gasteiger partial charge in [-0.3, -0.25) is 0 Å². The zero-order valence-corrected chi connectivity index (χ0v) is 11.6. The molecule has 0 bridgehead atoms. The third kappa shape index (κ3) is 3.11. The number of hydrogen-bond donors (Lipinski definition) is 2. The van der Waals surface area contributed by atoms with E-state index in [9.17, 15) is 0 Å². The average Bonchev–Trinajstić information content (AvgIpc) is 2.87. The number of rotatable bonds is 4. The van der Waals surface area contributed by atoms with Crippen LogP contribution in [0.15, 0.2) is 23.4 Å². The Morgan fingerprint density at radius 2 is 2.42 bits per heavy atom. The second kappa shape index (κ2) is 6.12. The number of nitrogens with two attached hydrogens (primary N) is 1. The van der Waals surface area contributed by atoms with Crippen molar-refractivity contribution >= 4 is 23.1 Å². The van der Waals surface area contributed by atoms with Gasteiger partial charge in [0.2, 0.25) is 0 Å². The summed E-state index contributed by atoms with van der Waals surface area (Å²) < 4.78 is 5.19. The van der Waals surface area contributed by atoms with Gasteiger partial charge < -0.3 is 20.6 Å². The minimum atomic E-state index is 0.0989. The van der Waals surface area contributed by atoms with Crippen LogP contribution in [0.4, 0.5) is 5.69 Å². The fourth-order valence-corrected chi connectivity index (χ4v) is 2.63. The van der Waals surface area contributed by atoms with Crippen LogP contribution in [0, 0.1) is 5.92 Å². The molecule has 104 valence electrons. The summed E-state index contributed by atoms with van der Waals surface area (Å²) in [6.45, 7) is 2.55. The molecule has 1 aliphatic heterocycles. The van der Waals surface area contributed by atoms with Crippen molar-refractivity contribution in [3.63, 3.8) is 0 Å². The van der Waals surface area contributed by atoms with E-state index in [1.54, 1.807) is 19.2 Å². The average molecular weight is 284 g/mol. The van der Waals surface area contributed by atoms with Crippen LogP contribution in [-0.4, -0.2) is 37.8 Å². The van der Waals surface area contributed by atoms with Crippen LogP contribution in [0.5, 0.6) is 0 Å². The monoisotopic (exact) mass is 283 g/mol. The second-order valence-electron chi connectivity index (χ2n) is 4.70. The van der Waals surface area contributed by atoms with Crippen molar-refractivity contribution in [2.45, 2.75) is 6.42 Å². The molecular weight excluding hydrogens is 266 g/mol. The molecule has 0 aliphatic carbocycles. The van der Waals surface area contributed by atoms with Crippen molar-refractivity contribution in [3.05, 3.63) is 28.8 Å². The standard InChI is InChI=1S/C13H18ClN3O2/c1-19-8-9-4-5-17(7-9)12-6-10(14)2-3-11(12)13(15)16-18/h2-3,6,9,18H,4-5,7-8H2,1H3,(H2,15,16). The molecule has 0 saturated carbocycles. The summed E-state index contributed by atoms with van der Waals surface area (Å²) in [5.74, 6) is 0.603. The van der Waals surface area contributed by atoms with E-state index in [2.05, 4.69) is 10.1 Å². The predicted molar refractivity (Wildman–Crippen MR) is 76.2 cm³/mol. The van der Waals surface area contributed by atoms with Gasteiger partial charge in [0.15, 0.2) is 5.84 Å². The molecule has 0 spiro atoms. The van der Waals surface area contributed by atoms with Crippen LogP contribution in [0.25, 0.3) is 0 Å². The van der Waals surface area contributed by atoms with Crippen molar-refractivity contribution in [1.82, 2.24) is 0 Å². The van der Waals surface area contributed by atoms with Crippen molar-refractivity contribution in [3.8, 4) is 0 Å². The lowest BCUT2D eigenvalue weighted by atomic mass is 10.1. The molecule has 1 aliphatic rings. The quantitative estimate of drug-likeness (QED) is 0.383. The molecule has 3 N–H and O–H groups in total. The van der Waals surface area contributed by atoms with Gasteiger partial charge in [0, 0.05) is 42.4 Å². The van der Waals surface area contributed by atoms with Gasteiger partial charge in [-0.1, -0.05) is 16.8 Å². The van der Waals surface area contributed by atoms with E-state index in [-0.39, 0.29) is 5.84 Å². The lowest BCUT2D eigenvalue weighted by Crippen LogP contribution is -2.25. The lowest BCUT2D eigenvalue weighted by molar-refractivity contribution is 0.161. The molecule has 5 nitrogen and oxygen atoms in total. The zero-order valence-electron chi connectivity index (χ0n) is 10.8. The minimum Gasteiger partial charge on any atom is -0.409 e. The first kappa shape index (κ1) is 14.0. The minimum absolute atomic E-state index is 0.0989. The molecule has 6 heteroatoms. The zero-order chi connectivity index (χ0) is 13.8. The Kier molecular flexibility index (Phi) is 4.50. The SMILES string of the molecule is COCC1CCN(c2cc(Cl)ccc2C(N)=NO)C1. The molecule has 2 rings (SSSR count). The van der Waals surface area contributed by atoms with Gasteiger partial charge in [-0.15, -0.1) is 0 Å². The second-order valence-corrected chi connectivity index (χ2v) is 5.14. The smallest absolute Gasteiger partial charge is 0.172 e. The topological polar surface area (TPSA) is 71.1 Å². The van der Waals surface area contributed by atoms with Crippen molar-refractivity contribution in [2.75, 3.05) is 31.7 Å². The predicted octanol–water partition coefficient (Wildman–Crippen LogP) is 1.91. The van der Waals surface area contributed by atoms with Gasteiger partial charge in [0.05, 0.1) is 6.61 Å². The molecule has 0 aromatic heterocycles. The van der Waals surface area contributed by atoms with Gasteiger partial charge in [-0.25, -0.2) is 0 Å². The summed E-state index contributed by atoms with van der Waals surface area (Å²) in [6.07, 6.45) is 1.07. The number of amidine groups is 1. The molecule has 1 fully saturated rings. The summed E-state index contributed by atoms with van der Waals surface area (Å²) in [6, 6.07) is 5.36. The summed E-state index contributed by atoms with van der Waals surface area (Å²) in [5, 5.41) is 12.6. The van der Waals surface area contributed by atoms with Crippen LogP contribution >= 0.6 is 11.6 Å². The molecule has 1 aromatic rings. The highest BCUT2D eigenvalue weighted by atomic mass is 35.5. The van der Waals surface area contributed by atoms with E-state index >= 15 is 0 Å². The molecule has 1 aromatic carbocycles. The molecule has 0 radical (unpaired) electrons. The Morgan fingerprint density at radius 3 is 3.11 bits per heavy atom. The number of methoxy groups -OCH3 is 1. The van der Waals surface area contributed by atoms with E-state index < -0.39 is 0 Å². The Morgan fingerprint density at radius 1 is 1.63 bits per heavy atom. The summed E-state index contributed by atoms with van der Waals surface area (Å²) in [7, 11) is 1.71. The molecular formula is C13H18ClN3O2. The molecule has 1 atom stereocenters. The number of ether oxygens (including phenoxy) is 1. The van der Waals surface area contributed by atoms with Crippen LogP contribution in [0.1, 0.15) is 12.0 Å². The fraction of sp³-hybridized carbons (Fsp3) is 0.462. The third-order valence-corrected chi connectivity index (χ3v) is 3.61. The summed E-state index contributed by atoms with van der Waals surface area (Å²) in [4.78, 5) is 2.20. The van der Waals surface area contributed by atoms with Crippen LogP contribution in [0.2, 0.25) is 5.02 Å². The first-order valence-electron chi connectivity index (χ1n) is 6.17. The molecule has 19 heavy (non-hydrogen) atoms. The number of nitrogens with zero attached hydrogens (tertiary/aromatic N) is 2. The number of anilines is 1. The van der Waals surface area contributed by atoms with Crippen LogP contribution in [0.3, 0.4) is 0 Å². The van der Waals surface area contributed by atoms with Gasteiger partial charge in [0.25, 0.3) is 0 Å². The van der Waals surface area contributed by atoms with Crippen molar-refractivity contribution in [2.24, 2.45) is 16.8 Å². The Hall–Kier alpha value is -1.46. The maximum atomic E-state index is 8.85. The number of hydrogen-bond acceptors (Lipinski definition) is 4. The van der Waals surface area contributed by atoms with Gasteiger partial charge in [0.1, 0.15) is 0 Å². The van der Waals surface area contributed by atoms with E-state index in [0.717, 1.165) is 31.8 Å². The first-order valence-corrected chi connectivity index (χ1v) is 6.54. The fourth-order valence-electron chi connectivity index (χ4n) is 2.46. The lowest BCUT2D eigenvalue weighted by Gasteiger charge is -2.22. The highest BCUT2D eigenvalue weighted by molar-refractivity contribution is 6.31. The molecule has 0 amide bonds. The molecule has 1 saturated heterocycles. The molecule has 1 unspecified atom stereocenters. The van der Waals surface area contributed by atoms with Gasteiger partial charge in [-0.2, -0.15) is 0 Å². The van der Waals surface area contributed by atoms with Crippen molar-refractivity contribution < 1.29 is 9.94 Å². The third-order valence-electron chi connectivity index (χ3n) is 3.37. The van der Waals surface area contributed by atoms with Gasteiger partial charge >= 0.3 is 0 Å². The summed E-state index contributed by atoms with van der Waals surface area (Å²) in [5.41, 5.74) is 7.31. The summed E-state index contributed by atoms with van der Waals surface area (Å²) >= 11 is 6.05. The van der Waals surface area contributed by atoms with E-state index in [1.165, 1.54) is 0 Å². The number of halogens is 1. The van der Waals surface area contributed by atoms with E-state index in [4.69, 9.17) is 27.3 Å². The first-order chi connectivity index (χ1) is 9.15. The van der Waals surface area contributed by atoms with E-state index in [1.807, 2.05) is 6.07 Å². The van der Waals surface area contributed by atoms with Crippen LogP contribution < -0.4 is 10.6 Å². The molecule has 1 heterocycles. The van der Waals surface area contributed by atoms with E-state index in [0.29, 0.717) is 16.5 Å². The Bertz CT molecular complexity index is 479. The normalized spacial score (nSPS) is 20.0. The van der Waals surface area contributed by atoms with Crippen LogP contribution in [-0.2, 0) is 4.74 Å². The maximum Gasteiger partial charge on any atom is 0.172 e. The Balaban J connectivity index is 2.26.